The number of carbonyl (C=O) groups excluding carboxylic acids is 1. The number of nitrogens with zero attached hydrogens (tertiary/aromatic N) is 4. The van der Waals surface area contributed by atoms with E-state index in [1.165, 1.54) is 36.0 Å². The Labute approximate surface area is 171 Å². The molecule has 1 amide bonds. The van der Waals surface area contributed by atoms with Gasteiger partial charge in [-0.3, -0.25) is 4.79 Å². The normalized spacial score (nSPS) is 11.0. The number of thioether (sulfide) groups is 1. The molecule has 0 unspecified atom stereocenters. The molecule has 0 aliphatic heterocycles. The first-order valence-corrected chi connectivity index (χ1v) is 10.9. The van der Waals surface area contributed by atoms with Crippen LogP contribution < -0.4 is 10.0 Å². The molecule has 3 aromatic rings. The summed E-state index contributed by atoms with van der Waals surface area (Å²) in [6.45, 7) is -0.111. The van der Waals surface area contributed by atoms with Gasteiger partial charge < -0.3 is 5.32 Å². The Morgan fingerprint density at radius 3 is 2.69 bits per heavy atom. The predicted molar refractivity (Wildman–Crippen MR) is 109 cm³/mol. The summed E-state index contributed by atoms with van der Waals surface area (Å²) < 4.78 is 27.9. The highest BCUT2D eigenvalue weighted by atomic mass is 32.2. The fraction of sp³-hybridized carbons (Fsp3) is 0.111. The van der Waals surface area contributed by atoms with Gasteiger partial charge >= 0.3 is 0 Å². The number of aromatic nitrogens is 4. The Morgan fingerprint density at radius 1 is 1.24 bits per heavy atom. The summed E-state index contributed by atoms with van der Waals surface area (Å²) >= 11 is 1.40. The molecular weight excluding hydrogens is 412 g/mol. The number of benzene rings is 2. The standard InChI is InChI=1S/C18H16N6O3S2/c1-3-11-19-29(26,27)16-9-7-13(8-10-16)17(25)20-14-5-4-6-15(12-14)24-18(28-2)21-22-23-24/h1,4-10,12,19H,11H2,2H3,(H,20,25). The molecule has 0 spiro atoms. The van der Waals surface area contributed by atoms with Crippen LogP contribution in [0.3, 0.4) is 0 Å². The average Bonchev–Trinajstić information content (AvgIpc) is 3.21. The second-order valence-corrected chi connectivity index (χ2v) is 8.18. The van der Waals surface area contributed by atoms with Gasteiger partial charge in [0.05, 0.1) is 17.1 Å². The summed E-state index contributed by atoms with van der Waals surface area (Å²) in [6, 6.07) is 12.6. The lowest BCUT2D eigenvalue weighted by atomic mass is 10.2. The van der Waals surface area contributed by atoms with Crippen molar-refractivity contribution in [3.05, 3.63) is 54.1 Å². The highest BCUT2D eigenvalue weighted by Gasteiger charge is 2.14. The summed E-state index contributed by atoms with van der Waals surface area (Å²) in [4.78, 5) is 12.5. The number of hydrogen-bond donors (Lipinski definition) is 2. The number of nitrogens with one attached hydrogen (secondary N) is 2. The van der Waals surface area contributed by atoms with Gasteiger partial charge in [-0.25, -0.2) is 8.42 Å². The van der Waals surface area contributed by atoms with Crippen molar-refractivity contribution in [2.45, 2.75) is 10.1 Å². The fourth-order valence-electron chi connectivity index (χ4n) is 2.39. The Kier molecular flexibility index (Phi) is 6.28. The van der Waals surface area contributed by atoms with Crippen LogP contribution in [-0.2, 0) is 10.0 Å². The van der Waals surface area contributed by atoms with E-state index in [1.54, 1.807) is 22.9 Å². The molecule has 0 radical (unpaired) electrons. The van der Waals surface area contributed by atoms with E-state index >= 15 is 0 Å². The summed E-state index contributed by atoms with van der Waals surface area (Å²) in [5.41, 5.74) is 1.54. The number of anilines is 1. The van der Waals surface area contributed by atoms with Crippen LogP contribution in [0.1, 0.15) is 10.4 Å². The predicted octanol–water partition coefficient (Wildman–Crippen LogP) is 1.55. The Hall–Kier alpha value is -3.20. The first-order chi connectivity index (χ1) is 13.9. The molecule has 0 atom stereocenters. The van der Waals surface area contributed by atoms with Gasteiger partial charge in [0.1, 0.15) is 0 Å². The zero-order chi connectivity index (χ0) is 20.9. The van der Waals surface area contributed by atoms with E-state index in [2.05, 4.69) is 31.5 Å². The lowest BCUT2D eigenvalue weighted by Gasteiger charge is -2.09. The van der Waals surface area contributed by atoms with Crippen molar-refractivity contribution in [2.24, 2.45) is 0 Å². The SMILES string of the molecule is C#CCNS(=O)(=O)c1ccc(C(=O)Nc2cccc(-n3nnnc3SC)c2)cc1. The molecule has 29 heavy (non-hydrogen) atoms. The molecular formula is C18H16N6O3S2. The van der Waals surface area contributed by atoms with Crippen molar-refractivity contribution in [3.63, 3.8) is 0 Å². The minimum absolute atomic E-state index is 0.0228. The number of terminal acetylenes is 1. The first-order valence-electron chi connectivity index (χ1n) is 8.22. The van der Waals surface area contributed by atoms with Gasteiger partial charge in [0.15, 0.2) is 0 Å². The van der Waals surface area contributed by atoms with E-state index < -0.39 is 10.0 Å². The number of tetrazole rings is 1. The quantitative estimate of drug-likeness (QED) is 0.433. The zero-order valence-corrected chi connectivity index (χ0v) is 16.9. The van der Waals surface area contributed by atoms with Gasteiger partial charge in [-0.05, 0) is 59.1 Å². The Bertz CT molecular complexity index is 1170. The summed E-state index contributed by atoms with van der Waals surface area (Å²) in [7, 11) is -3.71. The molecule has 148 valence electrons. The van der Waals surface area contributed by atoms with Crippen LogP contribution in [0.2, 0.25) is 0 Å². The minimum Gasteiger partial charge on any atom is -0.322 e. The Balaban J connectivity index is 1.76. The van der Waals surface area contributed by atoms with E-state index in [0.29, 0.717) is 22.1 Å². The first kappa shape index (κ1) is 20.5. The summed E-state index contributed by atoms with van der Waals surface area (Å²) in [5.74, 6) is 1.82. The van der Waals surface area contributed by atoms with Crippen LogP contribution in [0, 0.1) is 12.3 Å². The fourth-order valence-corrected chi connectivity index (χ4v) is 3.76. The number of rotatable bonds is 7. The average molecular weight is 428 g/mol. The maximum Gasteiger partial charge on any atom is 0.255 e. The number of sulfonamides is 1. The van der Waals surface area contributed by atoms with E-state index in [-0.39, 0.29) is 17.3 Å². The number of hydrogen-bond acceptors (Lipinski definition) is 7. The zero-order valence-electron chi connectivity index (χ0n) is 15.2. The maximum atomic E-state index is 12.5. The van der Waals surface area contributed by atoms with Crippen LogP contribution in [0.4, 0.5) is 5.69 Å². The molecule has 0 saturated carbocycles. The lowest BCUT2D eigenvalue weighted by molar-refractivity contribution is 0.102. The van der Waals surface area contributed by atoms with E-state index in [9.17, 15) is 13.2 Å². The molecule has 0 bridgehead atoms. The van der Waals surface area contributed by atoms with Crippen molar-refractivity contribution >= 4 is 33.4 Å². The minimum atomic E-state index is -3.71. The van der Waals surface area contributed by atoms with Gasteiger partial charge in [-0.2, -0.15) is 9.40 Å². The third kappa shape index (κ3) is 4.80. The molecule has 0 aliphatic rings. The third-order valence-electron chi connectivity index (χ3n) is 3.76. The summed E-state index contributed by atoms with van der Waals surface area (Å²) in [5, 5.41) is 14.9. The second kappa shape index (κ2) is 8.87. The van der Waals surface area contributed by atoms with Crippen LogP contribution in [0.5, 0.6) is 0 Å². The van der Waals surface area contributed by atoms with Crippen LogP contribution >= 0.6 is 11.8 Å². The van der Waals surface area contributed by atoms with Crippen molar-refractivity contribution in [1.29, 1.82) is 0 Å². The lowest BCUT2D eigenvalue weighted by Crippen LogP contribution is -2.24. The molecule has 0 aliphatic carbocycles. The monoisotopic (exact) mass is 428 g/mol. The van der Waals surface area contributed by atoms with E-state index in [4.69, 9.17) is 6.42 Å². The highest BCUT2D eigenvalue weighted by Crippen LogP contribution is 2.19. The van der Waals surface area contributed by atoms with Gasteiger partial charge in [0.25, 0.3) is 5.91 Å². The van der Waals surface area contributed by atoms with Crippen molar-refractivity contribution in [1.82, 2.24) is 24.9 Å². The summed E-state index contributed by atoms with van der Waals surface area (Å²) in [6.07, 6.45) is 6.93. The third-order valence-corrected chi connectivity index (χ3v) is 5.80. The highest BCUT2D eigenvalue weighted by molar-refractivity contribution is 7.98. The topological polar surface area (TPSA) is 119 Å². The molecule has 0 fully saturated rings. The van der Waals surface area contributed by atoms with Crippen LogP contribution in [0.25, 0.3) is 5.69 Å². The van der Waals surface area contributed by atoms with Crippen LogP contribution in [0.15, 0.2) is 58.6 Å². The molecule has 9 nitrogen and oxygen atoms in total. The van der Waals surface area contributed by atoms with Gasteiger partial charge in [-0.1, -0.05) is 23.7 Å². The molecule has 11 heteroatoms. The molecule has 1 aromatic heterocycles. The smallest absolute Gasteiger partial charge is 0.255 e. The number of amides is 1. The molecule has 2 N–H and O–H groups in total. The second-order valence-electron chi connectivity index (χ2n) is 5.63. The van der Waals surface area contributed by atoms with Crippen LogP contribution in [-0.4, -0.2) is 47.3 Å². The molecule has 0 saturated heterocycles. The van der Waals surface area contributed by atoms with Crippen molar-refractivity contribution < 1.29 is 13.2 Å². The van der Waals surface area contributed by atoms with Gasteiger partial charge in [-0.15, -0.1) is 11.5 Å². The van der Waals surface area contributed by atoms with Crippen molar-refractivity contribution in [2.75, 3.05) is 18.1 Å². The van der Waals surface area contributed by atoms with E-state index in [1.807, 2.05) is 12.3 Å². The largest absolute Gasteiger partial charge is 0.322 e. The molecule has 1 heterocycles. The molecule has 2 aromatic carbocycles. The Morgan fingerprint density at radius 2 is 2.00 bits per heavy atom. The van der Waals surface area contributed by atoms with Crippen molar-refractivity contribution in [3.8, 4) is 18.0 Å². The number of carbonyl (C=O) groups is 1. The van der Waals surface area contributed by atoms with Gasteiger partial charge in [0, 0.05) is 11.3 Å². The van der Waals surface area contributed by atoms with Gasteiger partial charge in [0.2, 0.25) is 15.2 Å². The molecule has 3 rings (SSSR count). The van der Waals surface area contributed by atoms with E-state index in [0.717, 1.165) is 0 Å². The maximum absolute atomic E-state index is 12.5.